The molecule has 1 aliphatic rings. The number of methoxy groups -OCH3 is 1. The van der Waals surface area contributed by atoms with Crippen molar-refractivity contribution in [2.45, 2.75) is 31.8 Å². The Morgan fingerprint density at radius 3 is 2.73 bits per heavy atom. The largest absolute Gasteiger partial charge is 0.395 e. The highest BCUT2D eigenvalue weighted by molar-refractivity contribution is 4.85. The van der Waals surface area contributed by atoms with Crippen LogP contribution >= 0.6 is 0 Å². The van der Waals surface area contributed by atoms with Crippen LogP contribution < -0.4 is 5.32 Å². The first-order valence-corrected chi connectivity index (χ1v) is 5.88. The maximum absolute atomic E-state index is 9.25. The van der Waals surface area contributed by atoms with E-state index in [0.717, 1.165) is 26.2 Å². The van der Waals surface area contributed by atoms with Crippen molar-refractivity contribution in [3.8, 4) is 0 Å². The molecular formula is C11H24N2O2. The van der Waals surface area contributed by atoms with Crippen molar-refractivity contribution >= 4 is 0 Å². The Labute approximate surface area is 92.6 Å². The van der Waals surface area contributed by atoms with Gasteiger partial charge in [0.1, 0.15) is 0 Å². The van der Waals surface area contributed by atoms with Crippen LogP contribution in [0.1, 0.15) is 19.8 Å². The normalized spacial score (nSPS) is 18.4. The summed E-state index contributed by atoms with van der Waals surface area (Å²) in [6.45, 7) is 5.98. The molecule has 0 aromatic carbocycles. The van der Waals surface area contributed by atoms with Gasteiger partial charge in [0.25, 0.3) is 0 Å². The molecule has 15 heavy (non-hydrogen) atoms. The van der Waals surface area contributed by atoms with E-state index in [9.17, 15) is 5.11 Å². The molecule has 1 fully saturated rings. The highest BCUT2D eigenvalue weighted by Gasteiger charge is 2.24. The second-order valence-corrected chi connectivity index (χ2v) is 4.21. The zero-order valence-corrected chi connectivity index (χ0v) is 9.91. The Hall–Kier alpha value is -0.160. The second-order valence-electron chi connectivity index (χ2n) is 4.21. The Kier molecular flexibility index (Phi) is 6.17. The number of ether oxygens (including phenoxy) is 1. The lowest BCUT2D eigenvalue weighted by molar-refractivity contribution is 0.131. The minimum Gasteiger partial charge on any atom is -0.395 e. The molecule has 0 spiro atoms. The fourth-order valence-corrected chi connectivity index (χ4v) is 1.66. The zero-order chi connectivity index (χ0) is 11.1. The van der Waals surface area contributed by atoms with Crippen LogP contribution in [0, 0.1) is 0 Å². The van der Waals surface area contributed by atoms with Crippen LogP contribution in [-0.4, -0.2) is 62.0 Å². The van der Waals surface area contributed by atoms with E-state index < -0.39 is 0 Å². The van der Waals surface area contributed by atoms with Gasteiger partial charge in [0.2, 0.25) is 0 Å². The quantitative estimate of drug-likeness (QED) is 0.572. The van der Waals surface area contributed by atoms with Crippen LogP contribution in [0.5, 0.6) is 0 Å². The predicted molar refractivity (Wildman–Crippen MR) is 61.0 cm³/mol. The first-order valence-electron chi connectivity index (χ1n) is 5.88. The average molecular weight is 216 g/mol. The number of aliphatic hydroxyl groups excluding tert-OH is 1. The molecule has 0 heterocycles. The van der Waals surface area contributed by atoms with Crippen molar-refractivity contribution in [3.05, 3.63) is 0 Å². The van der Waals surface area contributed by atoms with E-state index in [1.807, 2.05) is 0 Å². The molecule has 1 rings (SSSR count). The molecule has 0 aromatic rings. The lowest BCUT2D eigenvalue weighted by Gasteiger charge is -2.25. The van der Waals surface area contributed by atoms with Crippen molar-refractivity contribution in [2.24, 2.45) is 0 Å². The highest BCUT2D eigenvalue weighted by atomic mass is 16.5. The van der Waals surface area contributed by atoms with Crippen molar-refractivity contribution in [2.75, 3.05) is 40.0 Å². The van der Waals surface area contributed by atoms with Crippen LogP contribution in [-0.2, 0) is 4.74 Å². The van der Waals surface area contributed by atoms with Crippen LogP contribution in [0.4, 0.5) is 0 Å². The first-order chi connectivity index (χ1) is 7.30. The summed E-state index contributed by atoms with van der Waals surface area (Å²) in [5.41, 5.74) is 0. The van der Waals surface area contributed by atoms with E-state index in [4.69, 9.17) is 4.74 Å². The van der Waals surface area contributed by atoms with Gasteiger partial charge < -0.3 is 15.2 Å². The maximum atomic E-state index is 9.25. The van der Waals surface area contributed by atoms with Gasteiger partial charge in [0.05, 0.1) is 13.2 Å². The minimum absolute atomic E-state index is 0.217. The number of hydrogen-bond donors (Lipinski definition) is 2. The van der Waals surface area contributed by atoms with Gasteiger partial charge in [-0.05, 0) is 19.4 Å². The summed E-state index contributed by atoms with van der Waals surface area (Å²) in [6.07, 6.45) is 2.53. The molecule has 0 saturated heterocycles. The predicted octanol–water partition coefficient (Wildman–Crippen LogP) is 0.0676. The van der Waals surface area contributed by atoms with Gasteiger partial charge in [-0.15, -0.1) is 0 Å². The van der Waals surface area contributed by atoms with Gasteiger partial charge in [-0.3, -0.25) is 4.90 Å². The summed E-state index contributed by atoms with van der Waals surface area (Å²) in [6, 6.07) is 0.873. The number of nitrogens with one attached hydrogen (secondary N) is 1. The van der Waals surface area contributed by atoms with Crippen LogP contribution in [0.3, 0.4) is 0 Å². The third kappa shape index (κ3) is 5.47. The lowest BCUT2D eigenvalue weighted by atomic mass is 10.2. The van der Waals surface area contributed by atoms with Crippen LogP contribution in [0.2, 0.25) is 0 Å². The van der Waals surface area contributed by atoms with E-state index in [1.165, 1.54) is 12.8 Å². The van der Waals surface area contributed by atoms with Crippen LogP contribution in [0.25, 0.3) is 0 Å². The molecule has 4 heteroatoms. The summed E-state index contributed by atoms with van der Waals surface area (Å²) in [5, 5.41) is 12.7. The minimum atomic E-state index is 0.217. The average Bonchev–Trinajstić information content (AvgIpc) is 3.06. The fraction of sp³-hybridized carbons (Fsp3) is 1.00. The number of rotatable bonds is 9. The number of hydrogen-bond acceptors (Lipinski definition) is 4. The Morgan fingerprint density at radius 1 is 1.53 bits per heavy atom. The highest BCUT2D eigenvalue weighted by Crippen LogP contribution is 2.19. The van der Waals surface area contributed by atoms with Gasteiger partial charge in [-0.25, -0.2) is 0 Å². The van der Waals surface area contributed by atoms with Gasteiger partial charge in [0.15, 0.2) is 0 Å². The summed E-state index contributed by atoms with van der Waals surface area (Å²) >= 11 is 0. The molecule has 1 unspecified atom stereocenters. The van der Waals surface area contributed by atoms with E-state index >= 15 is 0 Å². The molecule has 1 saturated carbocycles. The van der Waals surface area contributed by atoms with Crippen LogP contribution in [0.15, 0.2) is 0 Å². The Bertz CT molecular complexity index is 163. The topological polar surface area (TPSA) is 44.7 Å². The monoisotopic (exact) mass is 216 g/mol. The molecule has 0 bridgehead atoms. The first kappa shape index (κ1) is 12.9. The van der Waals surface area contributed by atoms with Crippen molar-refractivity contribution in [3.63, 3.8) is 0 Å². The molecular weight excluding hydrogens is 192 g/mol. The smallest absolute Gasteiger partial charge is 0.0597 e. The van der Waals surface area contributed by atoms with E-state index in [-0.39, 0.29) is 12.6 Å². The van der Waals surface area contributed by atoms with Gasteiger partial charge in [0, 0.05) is 32.3 Å². The molecule has 2 N–H and O–H groups in total. The van der Waals surface area contributed by atoms with Gasteiger partial charge >= 0.3 is 0 Å². The standard InChI is InChI=1S/C11H24N2O2/c1-3-13(6-7-15-2)8-11(9-14)12-10-4-5-10/h10-12,14H,3-9H2,1-2H3. The summed E-state index contributed by atoms with van der Waals surface area (Å²) < 4.78 is 5.06. The Morgan fingerprint density at radius 2 is 2.27 bits per heavy atom. The van der Waals surface area contributed by atoms with Gasteiger partial charge in [-0.2, -0.15) is 0 Å². The molecule has 1 aliphatic carbocycles. The molecule has 1 atom stereocenters. The third-order valence-corrected chi connectivity index (χ3v) is 2.81. The number of aliphatic hydroxyl groups is 1. The lowest BCUT2D eigenvalue weighted by Crippen LogP contribution is -2.45. The summed E-state index contributed by atoms with van der Waals surface area (Å²) in [4.78, 5) is 2.31. The van der Waals surface area contributed by atoms with E-state index in [1.54, 1.807) is 7.11 Å². The molecule has 4 nitrogen and oxygen atoms in total. The summed E-state index contributed by atoms with van der Waals surface area (Å²) in [5.74, 6) is 0. The fourth-order valence-electron chi connectivity index (χ4n) is 1.66. The maximum Gasteiger partial charge on any atom is 0.0597 e. The SMILES string of the molecule is CCN(CCOC)CC(CO)NC1CC1. The number of nitrogens with zero attached hydrogens (tertiary/aromatic N) is 1. The molecule has 0 radical (unpaired) electrons. The third-order valence-electron chi connectivity index (χ3n) is 2.81. The van der Waals surface area contributed by atoms with E-state index in [2.05, 4.69) is 17.1 Å². The molecule has 0 amide bonds. The second kappa shape index (κ2) is 7.17. The van der Waals surface area contributed by atoms with Crippen molar-refractivity contribution < 1.29 is 9.84 Å². The zero-order valence-electron chi connectivity index (χ0n) is 9.91. The molecule has 0 aliphatic heterocycles. The van der Waals surface area contributed by atoms with Gasteiger partial charge in [-0.1, -0.05) is 6.92 Å². The summed E-state index contributed by atoms with van der Waals surface area (Å²) in [7, 11) is 1.72. The molecule has 0 aromatic heterocycles. The Balaban J connectivity index is 2.19. The van der Waals surface area contributed by atoms with Crippen molar-refractivity contribution in [1.29, 1.82) is 0 Å². The van der Waals surface area contributed by atoms with E-state index in [0.29, 0.717) is 6.04 Å². The number of likely N-dealkylation sites (N-methyl/N-ethyl adjacent to an activating group) is 1. The van der Waals surface area contributed by atoms with Crippen molar-refractivity contribution in [1.82, 2.24) is 10.2 Å². The molecule has 90 valence electrons.